The van der Waals surface area contributed by atoms with E-state index in [4.69, 9.17) is 4.74 Å². The minimum atomic E-state index is -2.89. The van der Waals surface area contributed by atoms with Crippen molar-refractivity contribution in [3.8, 4) is 16.9 Å². The molecule has 2 aromatic carbocycles. The standard InChI is InChI=1S/C22H21N3O4S/c1-29-18-8-7-17(15-5-3-2-4-6-15)20-21(18)24-16(10-23-20)9-19(26)25-11-22(12-25)13-30(27,28)14-22/h2-8,10H,9,11-14H2,1H3. The smallest absolute Gasteiger partial charge is 0.228 e. The summed E-state index contributed by atoms with van der Waals surface area (Å²) in [5.41, 5.74) is 3.68. The highest BCUT2D eigenvalue weighted by Crippen LogP contribution is 2.41. The highest BCUT2D eigenvalue weighted by atomic mass is 32.2. The SMILES string of the molecule is COc1ccc(-c2ccccc2)c2ncc(CC(=O)N3CC4(C3)CS(=O)(=O)C4)nc12. The second-order valence-electron chi connectivity index (χ2n) is 8.20. The van der Waals surface area contributed by atoms with Crippen molar-refractivity contribution in [3.63, 3.8) is 0 Å². The topological polar surface area (TPSA) is 89.5 Å². The van der Waals surface area contributed by atoms with E-state index in [1.807, 2.05) is 42.5 Å². The van der Waals surface area contributed by atoms with Crippen LogP contribution < -0.4 is 4.74 Å². The van der Waals surface area contributed by atoms with Crippen molar-refractivity contribution in [2.75, 3.05) is 31.7 Å². The van der Waals surface area contributed by atoms with Gasteiger partial charge in [-0.15, -0.1) is 0 Å². The zero-order chi connectivity index (χ0) is 20.9. The molecule has 0 atom stereocenters. The molecular formula is C22H21N3O4S. The summed E-state index contributed by atoms with van der Waals surface area (Å²) in [6.07, 6.45) is 1.76. The number of likely N-dealkylation sites (tertiary alicyclic amines) is 1. The summed E-state index contributed by atoms with van der Waals surface area (Å²) in [6, 6.07) is 13.8. The van der Waals surface area contributed by atoms with Crippen LogP contribution in [0.5, 0.6) is 5.75 Å². The lowest BCUT2D eigenvalue weighted by molar-refractivity contribution is -0.141. The molecule has 3 aromatic rings. The Kier molecular flexibility index (Phi) is 4.28. The van der Waals surface area contributed by atoms with E-state index in [1.165, 1.54) is 0 Å². The van der Waals surface area contributed by atoms with Crippen LogP contribution in [0.2, 0.25) is 0 Å². The molecular weight excluding hydrogens is 402 g/mol. The number of rotatable bonds is 4. The van der Waals surface area contributed by atoms with E-state index in [0.717, 1.165) is 16.6 Å². The maximum Gasteiger partial charge on any atom is 0.228 e. The number of methoxy groups -OCH3 is 1. The molecule has 30 heavy (non-hydrogen) atoms. The summed E-state index contributed by atoms with van der Waals surface area (Å²) >= 11 is 0. The number of hydrogen-bond acceptors (Lipinski definition) is 6. The Bertz CT molecular complexity index is 1240. The predicted molar refractivity (Wildman–Crippen MR) is 113 cm³/mol. The van der Waals surface area contributed by atoms with Crippen molar-refractivity contribution >= 4 is 26.8 Å². The van der Waals surface area contributed by atoms with Crippen molar-refractivity contribution in [1.29, 1.82) is 0 Å². The van der Waals surface area contributed by atoms with Gasteiger partial charge in [0.2, 0.25) is 5.91 Å². The Hall–Kier alpha value is -3.00. The monoisotopic (exact) mass is 423 g/mol. The van der Waals surface area contributed by atoms with Gasteiger partial charge in [0.1, 0.15) is 16.8 Å². The highest BCUT2D eigenvalue weighted by Gasteiger charge is 2.56. The number of ether oxygens (including phenoxy) is 1. The van der Waals surface area contributed by atoms with Crippen molar-refractivity contribution < 1.29 is 17.9 Å². The molecule has 0 unspecified atom stereocenters. The number of aromatic nitrogens is 2. The molecule has 1 amide bonds. The molecule has 1 spiro atoms. The fraction of sp³-hybridized carbons (Fsp3) is 0.318. The number of carbonyl (C=O) groups is 1. The third kappa shape index (κ3) is 3.21. The van der Waals surface area contributed by atoms with E-state index in [9.17, 15) is 13.2 Å². The number of hydrogen-bond donors (Lipinski definition) is 0. The molecule has 2 fully saturated rings. The maximum atomic E-state index is 12.6. The first-order chi connectivity index (χ1) is 14.4. The lowest BCUT2D eigenvalue weighted by Gasteiger charge is -2.54. The van der Waals surface area contributed by atoms with Crippen molar-refractivity contribution in [3.05, 3.63) is 54.4 Å². The van der Waals surface area contributed by atoms with Crippen LogP contribution >= 0.6 is 0 Å². The number of amides is 1. The van der Waals surface area contributed by atoms with Gasteiger partial charge in [-0.2, -0.15) is 0 Å². The Labute approximate surface area is 174 Å². The Morgan fingerprint density at radius 3 is 2.50 bits per heavy atom. The van der Waals surface area contributed by atoms with E-state index in [0.29, 0.717) is 30.0 Å². The van der Waals surface area contributed by atoms with Crippen molar-refractivity contribution in [2.45, 2.75) is 6.42 Å². The van der Waals surface area contributed by atoms with Gasteiger partial charge in [-0.1, -0.05) is 30.3 Å². The van der Waals surface area contributed by atoms with Crippen LogP contribution in [0.15, 0.2) is 48.7 Å². The molecule has 2 saturated heterocycles. The molecule has 0 aliphatic carbocycles. The van der Waals surface area contributed by atoms with E-state index >= 15 is 0 Å². The van der Waals surface area contributed by atoms with Gasteiger partial charge in [0.05, 0.1) is 30.7 Å². The average molecular weight is 423 g/mol. The normalized spacial score (nSPS) is 18.6. The first-order valence-electron chi connectivity index (χ1n) is 9.74. The van der Waals surface area contributed by atoms with Gasteiger partial charge in [-0.3, -0.25) is 9.78 Å². The Morgan fingerprint density at radius 2 is 1.83 bits per heavy atom. The molecule has 0 bridgehead atoms. The fourth-order valence-corrected chi connectivity index (χ4v) is 6.64. The minimum Gasteiger partial charge on any atom is -0.494 e. The van der Waals surface area contributed by atoms with Crippen molar-refractivity contribution in [2.24, 2.45) is 5.41 Å². The Morgan fingerprint density at radius 1 is 1.10 bits per heavy atom. The second-order valence-corrected chi connectivity index (χ2v) is 10.3. The zero-order valence-corrected chi connectivity index (χ0v) is 17.4. The largest absolute Gasteiger partial charge is 0.494 e. The summed E-state index contributed by atoms with van der Waals surface area (Å²) in [7, 11) is -1.31. The number of carbonyl (C=O) groups excluding carboxylic acids is 1. The highest BCUT2D eigenvalue weighted by molar-refractivity contribution is 7.92. The number of sulfone groups is 1. The summed E-state index contributed by atoms with van der Waals surface area (Å²) < 4.78 is 28.4. The summed E-state index contributed by atoms with van der Waals surface area (Å²) in [5, 5.41) is 0. The van der Waals surface area contributed by atoms with E-state index < -0.39 is 9.84 Å². The first-order valence-corrected chi connectivity index (χ1v) is 11.6. The lowest BCUT2D eigenvalue weighted by atomic mass is 9.82. The zero-order valence-electron chi connectivity index (χ0n) is 16.5. The molecule has 1 aromatic heterocycles. The van der Waals surface area contributed by atoms with Gasteiger partial charge in [0.25, 0.3) is 0 Å². The van der Waals surface area contributed by atoms with E-state index in [1.54, 1.807) is 18.2 Å². The summed E-state index contributed by atoms with van der Waals surface area (Å²) in [6.45, 7) is 1.01. The van der Waals surface area contributed by atoms with Crippen LogP contribution in [-0.2, 0) is 21.1 Å². The van der Waals surface area contributed by atoms with Gasteiger partial charge >= 0.3 is 0 Å². The number of nitrogens with zero attached hydrogens (tertiary/aromatic N) is 3. The fourth-order valence-electron chi connectivity index (χ4n) is 4.49. The molecule has 2 aliphatic heterocycles. The number of fused-ring (bicyclic) bond motifs is 1. The molecule has 154 valence electrons. The van der Waals surface area contributed by atoms with Gasteiger partial charge in [-0.25, -0.2) is 13.4 Å². The van der Waals surface area contributed by atoms with Crippen LogP contribution in [0.3, 0.4) is 0 Å². The van der Waals surface area contributed by atoms with Crippen LogP contribution in [0.1, 0.15) is 5.69 Å². The lowest BCUT2D eigenvalue weighted by Crippen LogP contribution is -2.69. The van der Waals surface area contributed by atoms with Crippen LogP contribution in [0.4, 0.5) is 0 Å². The predicted octanol–water partition coefficient (Wildman–Crippen LogP) is 2.10. The first kappa shape index (κ1) is 19.0. The molecule has 0 saturated carbocycles. The number of benzene rings is 2. The molecule has 0 N–H and O–H groups in total. The third-order valence-corrected chi connectivity index (χ3v) is 7.91. The quantitative estimate of drug-likeness (QED) is 0.639. The molecule has 5 rings (SSSR count). The maximum absolute atomic E-state index is 12.6. The van der Waals surface area contributed by atoms with E-state index in [2.05, 4.69) is 9.97 Å². The summed E-state index contributed by atoms with van der Waals surface area (Å²) in [5.74, 6) is 0.934. The third-order valence-electron chi connectivity index (χ3n) is 5.81. The van der Waals surface area contributed by atoms with Crippen LogP contribution in [-0.4, -0.2) is 60.9 Å². The summed E-state index contributed by atoms with van der Waals surface area (Å²) in [4.78, 5) is 23.6. The van der Waals surface area contributed by atoms with E-state index in [-0.39, 0.29) is 29.2 Å². The van der Waals surface area contributed by atoms with Gasteiger partial charge < -0.3 is 9.64 Å². The van der Waals surface area contributed by atoms with Crippen molar-refractivity contribution in [1.82, 2.24) is 14.9 Å². The minimum absolute atomic E-state index is 0.0586. The molecule has 8 heteroatoms. The van der Waals surface area contributed by atoms with Gasteiger partial charge in [0.15, 0.2) is 9.84 Å². The van der Waals surface area contributed by atoms with Crippen LogP contribution in [0.25, 0.3) is 22.2 Å². The van der Waals surface area contributed by atoms with Gasteiger partial charge in [-0.05, 0) is 17.7 Å². The van der Waals surface area contributed by atoms with Crippen LogP contribution in [0, 0.1) is 5.41 Å². The molecule has 2 aliphatic rings. The molecule has 0 radical (unpaired) electrons. The molecule has 7 nitrogen and oxygen atoms in total. The second kappa shape index (κ2) is 6.77. The molecule has 3 heterocycles. The van der Waals surface area contributed by atoms with Gasteiger partial charge in [0, 0.05) is 30.3 Å². The average Bonchev–Trinajstić information content (AvgIpc) is 2.69. The Balaban J connectivity index is 1.39.